The number of para-hydroxylation sites is 1. The molecule has 0 spiro atoms. The van der Waals surface area contributed by atoms with Gasteiger partial charge in [-0.3, -0.25) is 0 Å². The fourth-order valence-electron chi connectivity index (χ4n) is 1.80. The van der Waals surface area contributed by atoms with Crippen LogP contribution in [0.3, 0.4) is 0 Å². The number of rotatable bonds is 2. The van der Waals surface area contributed by atoms with E-state index in [-0.39, 0.29) is 6.61 Å². The molecular formula is C14H11NOS. The van der Waals surface area contributed by atoms with Crippen LogP contribution in [0.25, 0.3) is 21.5 Å². The summed E-state index contributed by atoms with van der Waals surface area (Å²) in [6.07, 6.45) is 0. The quantitative estimate of drug-likeness (QED) is 0.745. The molecule has 0 amide bonds. The lowest BCUT2D eigenvalue weighted by atomic mass is 10.2. The summed E-state index contributed by atoms with van der Waals surface area (Å²) in [5.74, 6) is 0. The second-order valence-electron chi connectivity index (χ2n) is 3.81. The molecule has 2 aromatic heterocycles. The minimum atomic E-state index is 0.0955. The van der Waals surface area contributed by atoms with E-state index in [9.17, 15) is 0 Å². The van der Waals surface area contributed by atoms with E-state index in [0.717, 1.165) is 26.4 Å². The molecule has 3 rings (SSSR count). The molecule has 0 saturated heterocycles. The van der Waals surface area contributed by atoms with Crippen LogP contribution in [-0.4, -0.2) is 10.1 Å². The minimum Gasteiger partial charge on any atom is -0.391 e. The van der Waals surface area contributed by atoms with Gasteiger partial charge in [0.05, 0.1) is 22.7 Å². The first-order chi connectivity index (χ1) is 8.36. The molecule has 0 fully saturated rings. The minimum absolute atomic E-state index is 0.0955. The van der Waals surface area contributed by atoms with Gasteiger partial charge in [-0.05, 0) is 24.3 Å². The molecule has 84 valence electrons. The summed E-state index contributed by atoms with van der Waals surface area (Å²) in [5, 5.41) is 10.2. The summed E-state index contributed by atoms with van der Waals surface area (Å²) in [7, 11) is 0. The Bertz CT molecular complexity index is 660. The maximum atomic E-state index is 9.06. The molecular weight excluding hydrogens is 230 g/mol. The van der Waals surface area contributed by atoms with Crippen molar-refractivity contribution in [3.8, 4) is 10.6 Å². The largest absolute Gasteiger partial charge is 0.391 e. The number of hydrogen-bond donors (Lipinski definition) is 1. The highest BCUT2D eigenvalue weighted by molar-refractivity contribution is 7.15. The van der Waals surface area contributed by atoms with Gasteiger partial charge in [0, 0.05) is 10.3 Å². The lowest BCUT2D eigenvalue weighted by Gasteiger charge is -2.00. The standard InChI is InChI=1S/C14H11NOS/c16-9-11-6-8-14(17-11)13-7-5-10-3-1-2-4-12(10)15-13/h1-8,16H,9H2. The highest BCUT2D eigenvalue weighted by atomic mass is 32.1. The first-order valence-electron chi connectivity index (χ1n) is 5.42. The molecule has 0 radical (unpaired) electrons. The van der Waals surface area contributed by atoms with Gasteiger partial charge in [-0.1, -0.05) is 24.3 Å². The van der Waals surface area contributed by atoms with Crippen LogP contribution in [0.5, 0.6) is 0 Å². The summed E-state index contributed by atoms with van der Waals surface area (Å²) in [6.45, 7) is 0.0955. The topological polar surface area (TPSA) is 33.1 Å². The maximum Gasteiger partial charge on any atom is 0.0809 e. The third kappa shape index (κ3) is 1.95. The van der Waals surface area contributed by atoms with Gasteiger partial charge >= 0.3 is 0 Å². The van der Waals surface area contributed by atoms with Crippen molar-refractivity contribution in [3.63, 3.8) is 0 Å². The van der Waals surface area contributed by atoms with Crippen molar-refractivity contribution in [2.45, 2.75) is 6.61 Å². The fourth-order valence-corrected chi connectivity index (χ4v) is 2.64. The molecule has 17 heavy (non-hydrogen) atoms. The van der Waals surface area contributed by atoms with Gasteiger partial charge < -0.3 is 5.11 Å². The first-order valence-corrected chi connectivity index (χ1v) is 6.24. The number of thiophene rings is 1. The highest BCUT2D eigenvalue weighted by Crippen LogP contribution is 2.28. The van der Waals surface area contributed by atoms with E-state index in [4.69, 9.17) is 5.11 Å². The number of aliphatic hydroxyl groups is 1. The molecule has 1 N–H and O–H groups in total. The van der Waals surface area contributed by atoms with Crippen molar-refractivity contribution in [1.29, 1.82) is 0 Å². The van der Waals surface area contributed by atoms with Crippen LogP contribution in [0.4, 0.5) is 0 Å². The monoisotopic (exact) mass is 241 g/mol. The predicted molar refractivity (Wildman–Crippen MR) is 71.0 cm³/mol. The molecule has 2 heterocycles. The Balaban J connectivity index is 2.11. The zero-order valence-corrected chi connectivity index (χ0v) is 9.95. The first kappa shape index (κ1) is 10.4. The van der Waals surface area contributed by atoms with E-state index in [0.29, 0.717) is 0 Å². The number of fused-ring (bicyclic) bond motifs is 1. The molecule has 0 aliphatic heterocycles. The summed E-state index contributed by atoms with van der Waals surface area (Å²) in [5.41, 5.74) is 1.97. The average molecular weight is 241 g/mol. The van der Waals surface area contributed by atoms with E-state index >= 15 is 0 Å². The van der Waals surface area contributed by atoms with Crippen molar-refractivity contribution >= 4 is 22.2 Å². The molecule has 0 unspecified atom stereocenters. The third-order valence-corrected chi connectivity index (χ3v) is 3.76. The zero-order valence-electron chi connectivity index (χ0n) is 9.13. The number of aliphatic hydroxyl groups excluding tert-OH is 1. The summed E-state index contributed by atoms with van der Waals surface area (Å²) < 4.78 is 0. The van der Waals surface area contributed by atoms with Crippen LogP contribution in [0.2, 0.25) is 0 Å². The molecule has 2 nitrogen and oxygen atoms in total. The maximum absolute atomic E-state index is 9.06. The molecule has 3 aromatic rings. The molecule has 0 aliphatic rings. The summed E-state index contributed by atoms with van der Waals surface area (Å²) in [6, 6.07) is 16.1. The number of hydrogen-bond acceptors (Lipinski definition) is 3. The van der Waals surface area contributed by atoms with E-state index in [1.165, 1.54) is 0 Å². The Morgan fingerprint density at radius 1 is 1.00 bits per heavy atom. The van der Waals surface area contributed by atoms with Crippen LogP contribution in [0, 0.1) is 0 Å². The van der Waals surface area contributed by atoms with Crippen molar-refractivity contribution in [2.75, 3.05) is 0 Å². The Kier molecular flexibility index (Phi) is 2.63. The Labute approximate surface area is 103 Å². The Morgan fingerprint density at radius 3 is 2.71 bits per heavy atom. The fraction of sp³-hybridized carbons (Fsp3) is 0.0714. The van der Waals surface area contributed by atoms with Crippen molar-refractivity contribution < 1.29 is 5.11 Å². The van der Waals surface area contributed by atoms with E-state index in [1.54, 1.807) is 11.3 Å². The number of nitrogens with zero attached hydrogens (tertiary/aromatic N) is 1. The van der Waals surface area contributed by atoms with Crippen molar-refractivity contribution in [2.24, 2.45) is 0 Å². The van der Waals surface area contributed by atoms with E-state index in [2.05, 4.69) is 17.1 Å². The van der Waals surface area contributed by atoms with Crippen molar-refractivity contribution in [3.05, 3.63) is 53.4 Å². The number of benzene rings is 1. The number of aromatic nitrogens is 1. The van der Waals surface area contributed by atoms with Crippen LogP contribution in [0.1, 0.15) is 4.88 Å². The lowest BCUT2D eigenvalue weighted by molar-refractivity contribution is 0.285. The summed E-state index contributed by atoms with van der Waals surface area (Å²) in [4.78, 5) is 6.69. The molecule has 0 atom stereocenters. The molecule has 0 saturated carbocycles. The lowest BCUT2D eigenvalue weighted by Crippen LogP contribution is -1.81. The zero-order chi connectivity index (χ0) is 11.7. The van der Waals surface area contributed by atoms with Gasteiger partial charge in [-0.25, -0.2) is 4.98 Å². The van der Waals surface area contributed by atoms with E-state index < -0.39 is 0 Å². The van der Waals surface area contributed by atoms with Gasteiger partial charge in [0.25, 0.3) is 0 Å². The van der Waals surface area contributed by atoms with E-state index in [1.807, 2.05) is 36.4 Å². The Hall–Kier alpha value is -1.71. The molecule has 1 aromatic carbocycles. The molecule has 0 aliphatic carbocycles. The highest BCUT2D eigenvalue weighted by Gasteiger charge is 2.04. The van der Waals surface area contributed by atoms with Crippen LogP contribution >= 0.6 is 11.3 Å². The third-order valence-electron chi connectivity index (χ3n) is 2.67. The average Bonchev–Trinajstić information content (AvgIpc) is 2.87. The van der Waals surface area contributed by atoms with Crippen LogP contribution in [-0.2, 0) is 6.61 Å². The SMILES string of the molecule is OCc1ccc(-c2ccc3ccccc3n2)s1. The van der Waals surface area contributed by atoms with Gasteiger partial charge in [0.1, 0.15) is 0 Å². The second-order valence-corrected chi connectivity index (χ2v) is 4.98. The number of pyridine rings is 1. The van der Waals surface area contributed by atoms with Crippen molar-refractivity contribution in [1.82, 2.24) is 4.98 Å². The molecule has 0 bridgehead atoms. The molecule has 3 heteroatoms. The van der Waals surface area contributed by atoms with Gasteiger partial charge in [-0.15, -0.1) is 11.3 Å². The smallest absolute Gasteiger partial charge is 0.0809 e. The second kappa shape index (κ2) is 4.28. The van der Waals surface area contributed by atoms with Crippen LogP contribution in [0.15, 0.2) is 48.5 Å². The summed E-state index contributed by atoms with van der Waals surface area (Å²) >= 11 is 1.58. The van der Waals surface area contributed by atoms with Gasteiger partial charge in [0.15, 0.2) is 0 Å². The van der Waals surface area contributed by atoms with Gasteiger partial charge in [-0.2, -0.15) is 0 Å². The Morgan fingerprint density at radius 2 is 1.88 bits per heavy atom. The predicted octanol–water partition coefficient (Wildman–Crippen LogP) is 3.46. The normalized spacial score (nSPS) is 10.9. The van der Waals surface area contributed by atoms with Crippen LogP contribution < -0.4 is 0 Å². The van der Waals surface area contributed by atoms with Gasteiger partial charge in [0.2, 0.25) is 0 Å².